The topological polar surface area (TPSA) is 52.6 Å². The summed E-state index contributed by atoms with van der Waals surface area (Å²) in [5, 5.41) is -0.332. The van der Waals surface area contributed by atoms with Gasteiger partial charge in [-0.15, -0.1) is 23.2 Å². The largest absolute Gasteiger partial charge is 0.465 e. The highest BCUT2D eigenvalue weighted by molar-refractivity contribution is 6.66. The Bertz CT molecular complexity index is 599. The SMILES string of the molecule is CCCCOC(=O)[C@H]1[C@H](C(=O)OCCCC)[C@@]2(Cl)C(Cl)=C(Cl)[C@@]1(Cl)C2(Cl)Cl. The maximum absolute atomic E-state index is 12.8. The predicted molar refractivity (Wildman–Crippen MR) is 109 cm³/mol. The lowest BCUT2D eigenvalue weighted by Gasteiger charge is -2.33. The van der Waals surface area contributed by atoms with Crippen LogP contribution in [0.25, 0.3) is 0 Å². The fourth-order valence-electron chi connectivity index (χ4n) is 3.39. The number of allylic oxidation sites excluding steroid dienone is 2. The maximum Gasteiger partial charge on any atom is 0.312 e. The van der Waals surface area contributed by atoms with Crippen molar-refractivity contribution in [3.8, 4) is 0 Å². The first-order valence-corrected chi connectivity index (χ1v) is 10.9. The summed E-state index contributed by atoms with van der Waals surface area (Å²) >= 11 is 38.8. The fourth-order valence-corrected chi connectivity index (χ4v) is 6.31. The molecule has 0 heterocycles. The normalized spacial score (nSPS) is 34.1. The molecule has 0 aromatic carbocycles. The van der Waals surface area contributed by atoms with Gasteiger partial charge < -0.3 is 9.47 Å². The lowest BCUT2D eigenvalue weighted by atomic mass is 9.82. The monoisotopic (exact) mass is 498 g/mol. The van der Waals surface area contributed by atoms with E-state index in [1.165, 1.54) is 0 Å². The van der Waals surface area contributed by atoms with E-state index in [-0.39, 0.29) is 23.3 Å². The molecule has 0 amide bonds. The number of fused-ring (bicyclic) bond motifs is 2. The molecule has 154 valence electrons. The first kappa shape index (κ1) is 23.7. The van der Waals surface area contributed by atoms with E-state index >= 15 is 0 Å². The molecule has 0 aromatic heterocycles. The Balaban J connectivity index is 2.47. The van der Waals surface area contributed by atoms with Crippen molar-refractivity contribution in [2.45, 2.75) is 53.6 Å². The Hall–Kier alpha value is 0.420. The van der Waals surface area contributed by atoms with Gasteiger partial charge in [0.2, 0.25) is 0 Å². The third-order valence-electron chi connectivity index (χ3n) is 4.93. The summed E-state index contributed by atoms with van der Waals surface area (Å²) in [7, 11) is 0. The molecule has 0 radical (unpaired) electrons. The molecule has 4 nitrogen and oxygen atoms in total. The van der Waals surface area contributed by atoms with Gasteiger partial charge in [0, 0.05) is 0 Å². The van der Waals surface area contributed by atoms with Crippen molar-refractivity contribution in [2.24, 2.45) is 11.8 Å². The number of alkyl halides is 4. The van der Waals surface area contributed by atoms with E-state index in [1.807, 2.05) is 13.8 Å². The minimum Gasteiger partial charge on any atom is -0.465 e. The predicted octanol–water partition coefficient (Wildman–Crippen LogP) is 5.75. The zero-order chi connectivity index (χ0) is 20.6. The number of halogens is 6. The Labute approximate surface area is 188 Å². The molecule has 0 N–H and O–H groups in total. The molecule has 4 atom stereocenters. The second kappa shape index (κ2) is 8.65. The number of unbranched alkanes of at least 4 members (excludes halogenated alkanes) is 2. The van der Waals surface area contributed by atoms with Gasteiger partial charge in [-0.05, 0) is 12.8 Å². The van der Waals surface area contributed by atoms with Gasteiger partial charge in [0.05, 0.1) is 35.1 Å². The minimum absolute atomic E-state index is 0.151. The van der Waals surface area contributed by atoms with E-state index in [1.54, 1.807) is 0 Å². The third kappa shape index (κ3) is 3.37. The summed E-state index contributed by atoms with van der Waals surface area (Å²) in [5.74, 6) is -4.22. The molecule has 0 unspecified atom stereocenters. The van der Waals surface area contributed by atoms with Crippen molar-refractivity contribution in [2.75, 3.05) is 13.2 Å². The van der Waals surface area contributed by atoms with Crippen LogP contribution in [0.15, 0.2) is 10.1 Å². The van der Waals surface area contributed by atoms with Crippen LogP contribution in [0.2, 0.25) is 0 Å². The van der Waals surface area contributed by atoms with Gasteiger partial charge in [0.25, 0.3) is 0 Å². The van der Waals surface area contributed by atoms with Crippen molar-refractivity contribution < 1.29 is 19.1 Å². The fraction of sp³-hybridized carbons (Fsp3) is 0.765. The summed E-state index contributed by atoms with van der Waals surface area (Å²) in [4.78, 5) is 21.8. The summed E-state index contributed by atoms with van der Waals surface area (Å²) in [6, 6.07) is 0. The molecule has 0 spiro atoms. The van der Waals surface area contributed by atoms with Crippen LogP contribution in [0.4, 0.5) is 0 Å². The summed E-state index contributed by atoms with van der Waals surface area (Å²) in [6.07, 6.45) is 2.91. The molecule has 1 fully saturated rings. The van der Waals surface area contributed by atoms with E-state index in [9.17, 15) is 9.59 Å². The lowest BCUT2D eigenvalue weighted by molar-refractivity contribution is -0.160. The molecule has 0 saturated heterocycles. The van der Waals surface area contributed by atoms with Crippen molar-refractivity contribution in [3.05, 3.63) is 10.1 Å². The van der Waals surface area contributed by atoms with E-state index in [4.69, 9.17) is 79.1 Å². The van der Waals surface area contributed by atoms with Gasteiger partial charge in [-0.1, -0.05) is 73.1 Å². The Kier molecular flexibility index (Phi) is 7.59. The molecule has 10 heteroatoms. The third-order valence-corrected chi connectivity index (χ3v) is 9.19. The summed E-state index contributed by atoms with van der Waals surface area (Å²) < 4.78 is 8.53. The molecule has 0 aliphatic heterocycles. The van der Waals surface area contributed by atoms with E-state index in [0.29, 0.717) is 12.8 Å². The van der Waals surface area contributed by atoms with Gasteiger partial charge in [0.15, 0.2) is 4.33 Å². The first-order chi connectivity index (χ1) is 12.5. The average molecular weight is 501 g/mol. The van der Waals surface area contributed by atoms with Crippen LogP contribution < -0.4 is 0 Å². The Morgan fingerprint density at radius 2 is 1.15 bits per heavy atom. The Morgan fingerprint density at radius 1 is 0.815 bits per heavy atom. The van der Waals surface area contributed by atoms with Crippen LogP contribution in [-0.2, 0) is 19.1 Å². The van der Waals surface area contributed by atoms with Crippen molar-refractivity contribution in [1.82, 2.24) is 0 Å². The van der Waals surface area contributed by atoms with Crippen LogP contribution in [0.5, 0.6) is 0 Å². The number of carbonyl (C=O) groups excluding carboxylic acids is 2. The smallest absolute Gasteiger partial charge is 0.312 e. The van der Waals surface area contributed by atoms with Crippen LogP contribution in [0.3, 0.4) is 0 Å². The lowest BCUT2D eigenvalue weighted by Crippen LogP contribution is -2.46. The molecule has 27 heavy (non-hydrogen) atoms. The highest BCUT2D eigenvalue weighted by Crippen LogP contribution is 2.76. The Morgan fingerprint density at radius 3 is 1.44 bits per heavy atom. The van der Waals surface area contributed by atoms with Crippen molar-refractivity contribution >= 4 is 81.5 Å². The second-order valence-electron chi connectivity index (χ2n) is 6.62. The summed E-state index contributed by atoms with van der Waals surface area (Å²) in [6.45, 7) is 4.19. The highest BCUT2D eigenvalue weighted by atomic mass is 35.5. The number of carbonyl (C=O) groups is 2. The molecule has 2 aliphatic carbocycles. The average Bonchev–Trinajstić information content (AvgIpc) is 2.82. The standard InChI is InChI=1S/C17H20Cl6O4/c1-3-5-7-26-13(24)9-10(14(25)27-8-6-4-2)16(21)12(19)11(18)15(9,20)17(16,22)23/h9-10H,3-8H2,1-2H3/t9-,10-,15-,16-/m1/s1. The molecule has 2 rings (SSSR count). The van der Waals surface area contributed by atoms with Gasteiger partial charge in [0.1, 0.15) is 9.75 Å². The van der Waals surface area contributed by atoms with Crippen molar-refractivity contribution in [3.63, 3.8) is 0 Å². The van der Waals surface area contributed by atoms with Crippen LogP contribution in [0.1, 0.15) is 39.5 Å². The van der Waals surface area contributed by atoms with Crippen molar-refractivity contribution in [1.29, 1.82) is 0 Å². The number of ether oxygens (including phenoxy) is 2. The second-order valence-corrected chi connectivity index (χ2v) is 9.90. The first-order valence-electron chi connectivity index (χ1n) is 8.68. The number of hydrogen-bond acceptors (Lipinski definition) is 4. The number of esters is 2. The number of hydrogen-bond donors (Lipinski definition) is 0. The maximum atomic E-state index is 12.8. The molecule has 1 saturated carbocycles. The quantitative estimate of drug-likeness (QED) is 0.242. The van der Waals surface area contributed by atoms with E-state index in [2.05, 4.69) is 0 Å². The zero-order valence-corrected chi connectivity index (χ0v) is 19.3. The van der Waals surface area contributed by atoms with Gasteiger partial charge in [-0.25, -0.2) is 0 Å². The summed E-state index contributed by atoms with van der Waals surface area (Å²) in [5.41, 5.74) is 0. The van der Waals surface area contributed by atoms with E-state index in [0.717, 1.165) is 12.8 Å². The molecule has 2 bridgehead atoms. The van der Waals surface area contributed by atoms with Gasteiger partial charge >= 0.3 is 11.9 Å². The van der Waals surface area contributed by atoms with Gasteiger partial charge in [-0.2, -0.15) is 0 Å². The van der Waals surface area contributed by atoms with Crippen LogP contribution >= 0.6 is 69.6 Å². The van der Waals surface area contributed by atoms with Gasteiger partial charge in [-0.3, -0.25) is 9.59 Å². The zero-order valence-electron chi connectivity index (χ0n) is 14.8. The van der Waals surface area contributed by atoms with E-state index < -0.39 is 37.9 Å². The molecule has 0 aromatic rings. The minimum atomic E-state index is -2.03. The molecule has 2 aliphatic rings. The van der Waals surface area contributed by atoms with Crippen LogP contribution in [0, 0.1) is 11.8 Å². The molecular weight excluding hydrogens is 481 g/mol. The highest BCUT2D eigenvalue weighted by Gasteiger charge is 2.85. The molecular formula is C17H20Cl6O4. The number of rotatable bonds is 8. The van der Waals surface area contributed by atoms with Crippen LogP contribution in [-0.4, -0.2) is 39.2 Å².